The van der Waals surface area contributed by atoms with Gasteiger partial charge in [-0.3, -0.25) is 9.48 Å². The second-order valence-electron chi connectivity index (χ2n) is 7.34. The van der Waals surface area contributed by atoms with Crippen molar-refractivity contribution in [2.24, 2.45) is 5.92 Å². The van der Waals surface area contributed by atoms with Gasteiger partial charge < -0.3 is 15.2 Å². The van der Waals surface area contributed by atoms with Crippen molar-refractivity contribution in [3.63, 3.8) is 0 Å². The number of carbonyl (C=O) groups excluding carboxylic acids is 1. The number of aryl methyl sites for hydroxylation is 1. The molecule has 0 saturated heterocycles. The average molecular weight is 413 g/mol. The van der Waals surface area contributed by atoms with E-state index in [0.717, 1.165) is 35.6 Å². The molecule has 0 saturated carbocycles. The van der Waals surface area contributed by atoms with Gasteiger partial charge in [-0.05, 0) is 37.5 Å². The second kappa shape index (κ2) is 9.30. The fourth-order valence-electron chi connectivity index (χ4n) is 2.96. The maximum atomic E-state index is 12.3. The van der Waals surface area contributed by atoms with Crippen LogP contribution in [0.2, 0.25) is 0 Å². The molecule has 2 aromatic rings. The number of aromatic nitrogens is 2. The lowest BCUT2D eigenvalue weighted by atomic mass is 10.1. The van der Waals surface area contributed by atoms with Crippen molar-refractivity contribution in [1.29, 1.82) is 0 Å². The lowest BCUT2D eigenvalue weighted by molar-refractivity contribution is -0.274. The van der Waals surface area contributed by atoms with Gasteiger partial charge in [-0.1, -0.05) is 26.0 Å². The summed E-state index contributed by atoms with van der Waals surface area (Å²) in [6, 6.07) is 4.87. The number of ether oxygens (including phenoxy) is 1. The van der Waals surface area contributed by atoms with Crippen molar-refractivity contribution in [3.05, 3.63) is 46.8 Å². The summed E-state index contributed by atoms with van der Waals surface area (Å²) < 4.78 is 42.2. The van der Waals surface area contributed by atoms with E-state index in [9.17, 15) is 23.1 Å². The number of rotatable bonds is 8. The van der Waals surface area contributed by atoms with Gasteiger partial charge in [0.1, 0.15) is 5.75 Å². The van der Waals surface area contributed by atoms with Gasteiger partial charge in [0.25, 0.3) is 0 Å². The van der Waals surface area contributed by atoms with Gasteiger partial charge in [0.2, 0.25) is 5.91 Å². The van der Waals surface area contributed by atoms with Crippen LogP contribution in [-0.4, -0.2) is 33.7 Å². The van der Waals surface area contributed by atoms with Gasteiger partial charge in [0, 0.05) is 24.3 Å². The quantitative estimate of drug-likeness (QED) is 0.695. The zero-order valence-electron chi connectivity index (χ0n) is 16.9. The van der Waals surface area contributed by atoms with Crippen LogP contribution in [0.3, 0.4) is 0 Å². The Labute approximate surface area is 167 Å². The standard InChI is InChI=1S/C20H26F3N3O3/c1-12(2)11-26-14(4)17(13(3)25-26)9-19(28)24-10-18(27)15-5-7-16(8-6-15)29-20(21,22)23/h5-8,12,18,27H,9-11H2,1-4H3,(H,24,28). The number of aliphatic hydroxyl groups excluding tert-OH is 1. The number of halogens is 3. The first-order valence-corrected chi connectivity index (χ1v) is 9.29. The maximum Gasteiger partial charge on any atom is 0.573 e. The fraction of sp³-hybridized carbons (Fsp3) is 0.500. The van der Waals surface area contributed by atoms with Crippen molar-refractivity contribution in [2.45, 2.75) is 53.1 Å². The van der Waals surface area contributed by atoms with Crippen molar-refractivity contribution in [2.75, 3.05) is 6.54 Å². The van der Waals surface area contributed by atoms with Crippen molar-refractivity contribution < 1.29 is 27.8 Å². The summed E-state index contributed by atoms with van der Waals surface area (Å²) in [6.45, 7) is 8.66. The lowest BCUT2D eigenvalue weighted by Gasteiger charge is -2.14. The largest absolute Gasteiger partial charge is 0.573 e. The zero-order valence-corrected chi connectivity index (χ0v) is 16.9. The first kappa shape index (κ1) is 22.7. The molecule has 0 bridgehead atoms. The molecule has 0 fully saturated rings. The molecule has 6 nitrogen and oxygen atoms in total. The van der Waals surface area contributed by atoms with Gasteiger partial charge in [-0.2, -0.15) is 5.10 Å². The minimum Gasteiger partial charge on any atom is -0.406 e. The van der Waals surface area contributed by atoms with Crippen molar-refractivity contribution >= 4 is 5.91 Å². The minimum absolute atomic E-state index is 0.0590. The van der Waals surface area contributed by atoms with Crippen LogP contribution in [0.15, 0.2) is 24.3 Å². The molecule has 0 radical (unpaired) electrons. The third kappa shape index (κ3) is 6.77. The van der Waals surface area contributed by atoms with Gasteiger partial charge in [-0.25, -0.2) is 0 Å². The monoisotopic (exact) mass is 413 g/mol. The average Bonchev–Trinajstić information content (AvgIpc) is 2.86. The Morgan fingerprint density at radius 3 is 2.41 bits per heavy atom. The summed E-state index contributed by atoms with van der Waals surface area (Å²) in [4.78, 5) is 12.3. The van der Waals surface area contributed by atoms with E-state index in [2.05, 4.69) is 29.0 Å². The Morgan fingerprint density at radius 2 is 1.86 bits per heavy atom. The highest BCUT2D eigenvalue weighted by Gasteiger charge is 2.31. The molecule has 1 amide bonds. The highest BCUT2D eigenvalue weighted by atomic mass is 19.4. The van der Waals surface area contributed by atoms with Gasteiger partial charge in [0.05, 0.1) is 18.2 Å². The minimum atomic E-state index is -4.77. The SMILES string of the molecule is Cc1nn(CC(C)C)c(C)c1CC(=O)NCC(O)c1ccc(OC(F)(F)F)cc1. The molecule has 0 aliphatic heterocycles. The van der Waals surface area contributed by atoms with Crippen LogP contribution in [0.4, 0.5) is 13.2 Å². The number of hydrogen-bond acceptors (Lipinski definition) is 4. The molecule has 29 heavy (non-hydrogen) atoms. The van der Waals surface area contributed by atoms with E-state index in [-0.39, 0.29) is 24.6 Å². The molecular weight excluding hydrogens is 387 g/mol. The van der Waals surface area contributed by atoms with Crippen molar-refractivity contribution in [1.82, 2.24) is 15.1 Å². The Morgan fingerprint density at radius 1 is 1.24 bits per heavy atom. The highest BCUT2D eigenvalue weighted by Crippen LogP contribution is 2.24. The third-order valence-corrected chi connectivity index (χ3v) is 4.40. The maximum absolute atomic E-state index is 12.3. The van der Waals surface area contributed by atoms with E-state index in [4.69, 9.17) is 0 Å². The van der Waals surface area contributed by atoms with E-state index in [0.29, 0.717) is 11.5 Å². The molecule has 2 rings (SSSR count). The molecule has 1 unspecified atom stereocenters. The summed E-state index contributed by atoms with van der Waals surface area (Å²) in [5, 5.41) is 17.3. The first-order chi connectivity index (χ1) is 13.5. The molecule has 0 spiro atoms. The molecule has 1 atom stereocenters. The number of nitrogens with one attached hydrogen (secondary N) is 1. The van der Waals surface area contributed by atoms with E-state index in [1.165, 1.54) is 12.1 Å². The second-order valence-corrected chi connectivity index (χ2v) is 7.34. The molecule has 0 aliphatic carbocycles. The van der Waals surface area contributed by atoms with E-state index >= 15 is 0 Å². The summed E-state index contributed by atoms with van der Waals surface area (Å²) in [5.74, 6) is -0.212. The number of amides is 1. The number of nitrogens with zero attached hydrogens (tertiary/aromatic N) is 2. The van der Waals surface area contributed by atoms with Crippen LogP contribution in [0, 0.1) is 19.8 Å². The summed E-state index contributed by atoms with van der Waals surface area (Å²) in [7, 11) is 0. The Hall–Kier alpha value is -2.55. The fourth-order valence-corrected chi connectivity index (χ4v) is 2.96. The molecular formula is C20H26F3N3O3. The summed E-state index contributed by atoms with van der Waals surface area (Å²) in [6.07, 6.45) is -5.68. The summed E-state index contributed by atoms with van der Waals surface area (Å²) >= 11 is 0. The first-order valence-electron chi connectivity index (χ1n) is 9.29. The van der Waals surface area contributed by atoms with E-state index in [1.54, 1.807) is 0 Å². The van der Waals surface area contributed by atoms with Crippen LogP contribution < -0.4 is 10.1 Å². The van der Waals surface area contributed by atoms with Crippen LogP contribution in [-0.2, 0) is 17.8 Å². The summed E-state index contributed by atoms with van der Waals surface area (Å²) in [5.41, 5.74) is 2.95. The normalized spacial score (nSPS) is 12.9. The zero-order chi connectivity index (χ0) is 21.8. The Balaban J connectivity index is 1.91. The smallest absolute Gasteiger partial charge is 0.406 e. The number of alkyl halides is 3. The third-order valence-electron chi connectivity index (χ3n) is 4.40. The van der Waals surface area contributed by atoms with Gasteiger partial charge in [-0.15, -0.1) is 13.2 Å². The number of carbonyl (C=O) groups is 1. The topological polar surface area (TPSA) is 76.4 Å². The molecule has 1 aromatic carbocycles. The number of aliphatic hydroxyl groups is 1. The number of hydrogen-bond donors (Lipinski definition) is 2. The Kier molecular flexibility index (Phi) is 7.29. The van der Waals surface area contributed by atoms with Crippen LogP contribution in [0.5, 0.6) is 5.75 Å². The Bertz CT molecular complexity index is 830. The highest BCUT2D eigenvalue weighted by molar-refractivity contribution is 5.79. The predicted molar refractivity (Wildman–Crippen MR) is 101 cm³/mol. The molecule has 1 aromatic heterocycles. The van der Waals surface area contributed by atoms with E-state index < -0.39 is 12.5 Å². The molecule has 160 valence electrons. The molecule has 0 aliphatic rings. The van der Waals surface area contributed by atoms with Crippen LogP contribution >= 0.6 is 0 Å². The molecule has 9 heteroatoms. The molecule has 1 heterocycles. The van der Waals surface area contributed by atoms with Gasteiger partial charge in [0.15, 0.2) is 0 Å². The lowest BCUT2D eigenvalue weighted by Crippen LogP contribution is -2.30. The molecule has 2 N–H and O–H groups in total. The predicted octanol–water partition coefficient (Wildman–Crippen LogP) is 3.45. The van der Waals surface area contributed by atoms with Crippen molar-refractivity contribution in [3.8, 4) is 5.75 Å². The number of benzene rings is 1. The van der Waals surface area contributed by atoms with Gasteiger partial charge >= 0.3 is 6.36 Å². The van der Waals surface area contributed by atoms with Crippen LogP contribution in [0.1, 0.15) is 42.5 Å². The van der Waals surface area contributed by atoms with E-state index in [1.807, 2.05) is 18.5 Å². The van der Waals surface area contributed by atoms with Crippen LogP contribution in [0.25, 0.3) is 0 Å².